The maximum atomic E-state index is 13.3. The topological polar surface area (TPSA) is 17.1 Å². The molecule has 2 aromatic carbocycles. The quantitative estimate of drug-likeness (QED) is 0.677. The van der Waals surface area contributed by atoms with Crippen LogP contribution >= 0.6 is 27.7 Å². The van der Waals surface area contributed by atoms with Gasteiger partial charge in [0.25, 0.3) is 0 Å². The molecule has 0 fully saturated rings. The highest BCUT2D eigenvalue weighted by atomic mass is 79.9. The molecule has 0 N–H and O–H groups in total. The summed E-state index contributed by atoms with van der Waals surface area (Å²) in [5.41, 5.74) is 2.11. The minimum absolute atomic E-state index is 0.0889. The molecule has 0 radical (unpaired) electrons. The third-order valence-corrected chi connectivity index (χ3v) is 4.94. The predicted molar refractivity (Wildman–Crippen MR) is 83.6 cm³/mol. The Hall–Kier alpha value is -1.39. The Morgan fingerprint density at radius 2 is 2.00 bits per heavy atom. The summed E-state index contributed by atoms with van der Waals surface area (Å²) < 4.78 is 14.2. The van der Waals surface area contributed by atoms with E-state index in [1.54, 1.807) is 17.8 Å². The van der Waals surface area contributed by atoms with Gasteiger partial charge < -0.3 is 0 Å². The van der Waals surface area contributed by atoms with Crippen LogP contribution in [0.4, 0.5) is 4.39 Å². The molecule has 2 aromatic rings. The fraction of sp³-hybridized carbons (Fsp3) is 0.0625. The second kappa shape index (κ2) is 5.54. The van der Waals surface area contributed by atoms with Crippen LogP contribution in [0.25, 0.3) is 6.08 Å². The average Bonchev–Trinajstić information content (AvgIpc) is 2.45. The number of Topliss-reactive ketones (excluding diaryl/α,β-unsaturated/α-hetero) is 1. The summed E-state index contributed by atoms with van der Waals surface area (Å²) in [6.45, 7) is 0. The molecule has 0 bridgehead atoms. The van der Waals surface area contributed by atoms with E-state index in [1.165, 1.54) is 12.1 Å². The van der Waals surface area contributed by atoms with Gasteiger partial charge in [-0.05, 0) is 35.9 Å². The van der Waals surface area contributed by atoms with E-state index in [2.05, 4.69) is 15.9 Å². The molecule has 0 aromatic heterocycles. The van der Waals surface area contributed by atoms with Gasteiger partial charge in [-0.15, -0.1) is 11.8 Å². The molecule has 0 unspecified atom stereocenters. The zero-order valence-corrected chi connectivity index (χ0v) is 12.8. The highest BCUT2D eigenvalue weighted by Gasteiger charge is 2.23. The van der Waals surface area contributed by atoms with Crippen LogP contribution < -0.4 is 0 Å². The Balaban J connectivity index is 2.02. The Labute approximate surface area is 129 Å². The van der Waals surface area contributed by atoms with Gasteiger partial charge in [-0.3, -0.25) is 4.79 Å². The van der Waals surface area contributed by atoms with Crippen LogP contribution in [-0.2, 0) is 0 Å². The van der Waals surface area contributed by atoms with Crippen molar-refractivity contribution < 1.29 is 9.18 Å². The maximum absolute atomic E-state index is 13.3. The van der Waals surface area contributed by atoms with Crippen LogP contribution in [0.2, 0.25) is 0 Å². The van der Waals surface area contributed by atoms with Gasteiger partial charge in [-0.2, -0.15) is 0 Å². The summed E-state index contributed by atoms with van der Waals surface area (Å²) in [5, 5.41) is 0. The molecule has 0 atom stereocenters. The summed E-state index contributed by atoms with van der Waals surface area (Å²) in [7, 11) is 0. The van der Waals surface area contributed by atoms with Crippen LogP contribution in [-0.4, -0.2) is 11.5 Å². The molecule has 20 heavy (non-hydrogen) atoms. The van der Waals surface area contributed by atoms with Crippen molar-refractivity contribution in [2.24, 2.45) is 0 Å². The van der Waals surface area contributed by atoms with E-state index < -0.39 is 0 Å². The monoisotopic (exact) mass is 348 g/mol. The lowest BCUT2D eigenvalue weighted by atomic mass is 10.0. The lowest BCUT2D eigenvalue weighted by Crippen LogP contribution is -2.12. The molecule has 3 rings (SSSR count). The van der Waals surface area contributed by atoms with Gasteiger partial charge in [0.05, 0.1) is 0 Å². The van der Waals surface area contributed by atoms with Crippen LogP contribution in [0.1, 0.15) is 15.9 Å². The molecule has 1 heterocycles. The van der Waals surface area contributed by atoms with Crippen LogP contribution in [0.15, 0.2) is 57.4 Å². The van der Waals surface area contributed by atoms with Gasteiger partial charge in [-0.25, -0.2) is 4.39 Å². The Morgan fingerprint density at radius 1 is 1.20 bits per heavy atom. The molecular formula is C16H10BrFOS. The first kappa shape index (κ1) is 13.6. The third-order valence-electron chi connectivity index (χ3n) is 3.10. The van der Waals surface area contributed by atoms with Gasteiger partial charge >= 0.3 is 0 Å². The molecule has 0 aliphatic carbocycles. The SMILES string of the molecule is O=C1/C(=C/c2ccccc2Br)CSc2ccc(F)cc21. The summed E-state index contributed by atoms with van der Waals surface area (Å²) in [6, 6.07) is 12.1. The number of carbonyl (C=O) groups is 1. The standard InChI is InChI=1S/C16H10BrFOS/c17-14-4-2-1-3-10(14)7-11-9-20-15-6-5-12(18)8-13(15)16(11)19/h1-8H,9H2/b11-7+. The van der Waals surface area contributed by atoms with Gasteiger partial charge in [0.15, 0.2) is 5.78 Å². The summed E-state index contributed by atoms with van der Waals surface area (Å²) in [6.07, 6.45) is 1.87. The number of hydrogen-bond donors (Lipinski definition) is 0. The zero-order valence-electron chi connectivity index (χ0n) is 10.4. The van der Waals surface area contributed by atoms with Crippen molar-refractivity contribution in [1.82, 2.24) is 0 Å². The van der Waals surface area contributed by atoms with Crippen LogP contribution in [0.5, 0.6) is 0 Å². The van der Waals surface area contributed by atoms with Gasteiger partial charge in [0.1, 0.15) is 5.82 Å². The second-order valence-electron chi connectivity index (χ2n) is 4.45. The molecule has 0 spiro atoms. The van der Waals surface area contributed by atoms with E-state index in [4.69, 9.17) is 0 Å². The van der Waals surface area contributed by atoms with Gasteiger partial charge in [-0.1, -0.05) is 34.1 Å². The van der Waals surface area contributed by atoms with E-state index in [0.717, 1.165) is 14.9 Å². The molecule has 0 saturated heterocycles. The van der Waals surface area contributed by atoms with E-state index in [1.807, 2.05) is 30.3 Å². The molecule has 4 heteroatoms. The molecular weight excluding hydrogens is 339 g/mol. The zero-order chi connectivity index (χ0) is 14.1. The normalized spacial score (nSPS) is 16.3. The Kier molecular flexibility index (Phi) is 3.76. The number of fused-ring (bicyclic) bond motifs is 1. The first-order valence-corrected chi connectivity index (χ1v) is 7.85. The van der Waals surface area contributed by atoms with E-state index in [9.17, 15) is 9.18 Å². The van der Waals surface area contributed by atoms with Crippen LogP contribution in [0, 0.1) is 5.82 Å². The smallest absolute Gasteiger partial charge is 0.191 e. The van der Waals surface area contributed by atoms with Crippen molar-refractivity contribution in [3.8, 4) is 0 Å². The lowest BCUT2D eigenvalue weighted by Gasteiger charge is -2.17. The molecule has 1 nitrogen and oxygen atoms in total. The van der Waals surface area contributed by atoms with Crippen LogP contribution in [0.3, 0.4) is 0 Å². The Morgan fingerprint density at radius 3 is 2.80 bits per heavy atom. The van der Waals surface area contributed by atoms with E-state index in [-0.39, 0.29) is 11.6 Å². The molecule has 1 aliphatic rings. The number of ketones is 1. The highest BCUT2D eigenvalue weighted by molar-refractivity contribution is 9.10. The first-order valence-electron chi connectivity index (χ1n) is 6.07. The number of hydrogen-bond acceptors (Lipinski definition) is 2. The summed E-state index contributed by atoms with van der Waals surface area (Å²) in [4.78, 5) is 13.3. The molecule has 0 saturated carbocycles. The fourth-order valence-electron chi connectivity index (χ4n) is 2.09. The van der Waals surface area contributed by atoms with Crippen molar-refractivity contribution in [3.05, 3.63) is 69.5 Å². The van der Waals surface area contributed by atoms with E-state index in [0.29, 0.717) is 16.9 Å². The van der Waals surface area contributed by atoms with E-state index >= 15 is 0 Å². The highest BCUT2D eigenvalue weighted by Crippen LogP contribution is 2.34. The number of thioether (sulfide) groups is 1. The van der Waals surface area contributed by atoms with Crippen molar-refractivity contribution in [2.45, 2.75) is 4.90 Å². The summed E-state index contributed by atoms with van der Waals surface area (Å²) >= 11 is 5.03. The van der Waals surface area contributed by atoms with Crippen molar-refractivity contribution in [2.75, 3.05) is 5.75 Å². The number of carbonyl (C=O) groups excluding carboxylic acids is 1. The minimum atomic E-state index is -0.375. The van der Waals surface area contributed by atoms with Crippen molar-refractivity contribution >= 4 is 39.6 Å². The lowest BCUT2D eigenvalue weighted by molar-refractivity contribution is 0.103. The first-order chi connectivity index (χ1) is 9.65. The Bertz CT molecular complexity index is 724. The minimum Gasteiger partial charge on any atom is -0.289 e. The number of halogens is 2. The third kappa shape index (κ3) is 2.58. The fourth-order valence-corrected chi connectivity index (χ4v) is 3.48. The van der Waals surface area contributed by atoms with Crippen molar-refractivity contribution in [3.63, 3.8) is 0 Å². The number of rotatable bonds is 1. The largest absolute Gasteiger partial charge is 0.289 e. The average molecular weight is 349 g/mol. The second-order valence-corrected chi connectivity index (χ2v) is 6.32. The molecule has 1 aliphatic heterocycles. The number of benzene rings is 2. The van der Waals surface area contributed by atoms with Gasteiger partial charge in [0.2, 0.25) is 0 Å². The predicted octanol–water partition coefficient (Wildman–Crippen LogP) is 4.96. The molecule has 100 valence electrons. The summed E-state index contributed by atoms with van der Waals surface area (Å²) in [5.74, 6) is 0.146. The van der Waals surface area contributed by atoms with Crippen molar-refractivity contribution in [1.29, 1.82) is 0 Å². The maximum Gasteiger partial charge on any atom is 0.191 e. The van der Waals surface area contributed by atoms with Gasteiger partial charge in [0, 0.05) is 26.3 Å². The molecule has 0 amide bonds.